The summed E-state index contributed by atoms with van der Waals surface area (Å²) in [5, 5.41) is 0. The first-order chi connectivity index (χ1) is 9.08. The Hall–Kier alpha value is 0. The van der Waals surface area contributed by atoms with Gasteiger partial charge in [-0.3, -0.25) is 0 Å². The summed E-state index contributed by atoms with van der Waals surface area (Å²) in [6.07, 6.45) is 16.5. The first-order valence-electron chi connectivity index (χ1n) is 9.08. The molecule has 0 amide bonds. The molecule has 114 valence electrons. The lowest BCUT2D eigenvalue weighted by Crippen LogP contribution is -1.98. The smallest absolute Gasteiger partial charge is 0.0412 e. The van der Waals surface area contributed by atoms with Crippen LogP contribution in [0.4, 0.5) is 0 Å². The molecule has 0 heterocycles. The van der Waals surface area contributed by atoms with Crippen LogP contribution in [0.15, 0.2) is 0 Å². The van der Waals surface area contributed by atoms with E-state index in [2.05, 4.69) is 27.7 Å². The maximum atomic E-state index is 2.33. The predicted molar refractivity (Wildman–Crippen MR) is 87.4 cm³/mol. The third-order valence-electron chi connectivity index (χ3n) is 4.91. The van der Waals surface area contributed by atoms with E-state index in [1.807, 2.05) is 0 Å². The Kier molecular flexibility index (Phi) is 8.83. The molecule has 0 bridgehead atoms. The SMILES string of the molecule is CC(C)CC1CCCC1.CC(C)CCC1CCCC1. The van der Waals surface area contributed by atoms with Crippen molar-refractivity contribution < 1.29 is 0 Å². The first kappa shape index (κ1) is 17.1. The molecule has 0 nitrogen and oxygen atoms in total. The normalized spacial score (nSPS) is 21.2. The summed E-state index contributed by atoms with van der Waals surface area (Å²) >= 11 is 0. The summed E-state index contributed by atoms with van der Waals surface area (Å²) in [6.45, 7) is 9.32. The molecular formula is C19H38. The van der Waals surface area contributed by atoms with Crippen molar-refractivity contribution in [3.8, 4) is 0 Å². The number of hydrogen-bond donors (Lipinski definition) is 0. The van der Waals surface area contributed by atoms with E-state index in [9.17, 15) is 0 Å². The van der Waals surface area contributed by atoms with E-state index in [4.69, 9.17) is 0 Å². The van der Waals surface area contributed by atoms with Gasteiger partial charge in [-0.25, -0.2) is 0 Å². The van der Waals surface area contributed by atoms with Gasteiger partial charge in [-0.2, -0.15) is 0 Å². The van der Waals surface area contributed by atoms with Crippen LogP contribution in [-0.2, 0) is 0 Å². The van der Waals surface area contributed by atoms with E-state index in [1.54, 1.807) is 0 Å². The number of rotatable bonds is 5. The highest BCUT2D eigenvalue weighted by Crippen LogP contribution is 2.30. The van der Waals surface area contributed by atoms with Gasteiger partial charge in [0, 0.05) is 0 Å². The van der Waals surface area contributed by atoms with Gasteiger partial charge in [0.05, 0.1) is 0 Å². The van der Waals surface area contributed by atoms with Crippen LogP contribution in [0.1, 0.15) is 98.3 Å². The second-order valence-corrected chi connectivity index (χ2v) is 7.90. The van der Waals surface area contributed by atoms with Crippen LogP contribution >= 0.6 is 0 Å². The van der Waals surface area contributed by atoms with Gasteiger partial charge in [0.25, 0.3) is 0 Å². The summed E-state index contributed by atoms with van der Waals surface area (Å²) in [5.41, 5.74) is 0. The summed E-state index contributed by atoms with van der Waals surface area (Å²) in [5.74, 6) is 4.03. The van der Waals surface area contributed by atoms with Crippen molar-refractivity contribution in [3.05, 3.63) is 0 Å². The Morgan fingerprint density at radius 2 is 1.16 bits per heavy atom. The third kappa shape index (κ3) is 8.71. The fourth-order valence-corrected chi connectivity index (χ4v) is 3.78. The van der Waals surface area contributed by atoms with Crippen LogP contribution in [0.25, 0.3) is 0 Å². The van der Waals surface area contributed by atoms with Gasteiger partial charge in [0.2, 0.25) is 0 Å². The second-order valence-electron chi connectivity index (χ2n) is 7.90. The average molecular weight is 267 g/mol. The molecule has 2 aliphatic rings. The van der Waals surface area contributed by atoms with Crippen LogP contribution in [0.5, 0.6) is 0 Å². The maximum absolute atomic E-state index is 2.33. The molecular weight excluding hydrogens is 228 g/mol. The Balaban J connectivity index is 0.000000191. The molecule has 0 N–H and O–H groups in total. The van der Waals surface area contributed by atoms with Crippen molar-refractivity contribution in [1.29, 1.82) is 0 Å². The molecule has 0 saturated heterocycles. The molecule has 2 saturated carbocycles. The van der Waals surface area contributed by atoms with Crippen LogP contribution < -0.4 is 0 Å². The molecule has 2 fully saturated rings. The molecule has 0 aromatic heterocycles. The van der Waals surface area contributed by atoms with Crippen LogP contribution in [-0.4, -0.2) is 0 Å². The third-order valence-corrected chi connectivity index (χ3v) is 4.91. The Labute approximate surface area is 122 Å². The quantitative estimate of drug-likeness (QED) is 0.511. The summed E-state index contributed by atoms with van der Waals surface area (Å²) < 4.78 is 0. The van der Waals surface area contributed by atoms with Gasteiger partial charge in [0.15, 0.2) is 0 Å². The molecule has 2 aliphatic carbocycles. The van der Waals surface area contributed by atoms with E-state index in [-0.39, 0.29) is 0 Å². The van der Waals surface area contributed by atoms with Gasteiger partial charge in [-0.15, -0.1) is 0 Å². The Morgan fingerprint density at radius 1 is 0.684 bits per heavy atom. The molecule has 0 radical (unpaired) electrons. The van der Waals surface area contributed by atoms with Gasteiger partial charge in [0.1, 0.15) is 0 Å². The van der Waals surface area contributed by atoms with Crippen molar-refractivity contribution >= 4 is 0 Å². The minimum atomic E-state index is 0.917. The van der Waals surface area contributed by atoms with E-state index in [0.29, 0.717) is 0 Å². The molecule has 0 spiro atoms. The highest BCUT2D eigenvalue weighted by molar-refractivity contribution is 4.68. The molecule has 0 aromatic rings. The van der Waals surface area contributed by atoms with E-state index in [1.165, 1.54) is 70.6 Å². The van der Waals surface area contributed by atoms with Gasteiger partial charge >= 0.3 is 0 Å². The molecule has 19 heavy (non-hydrogen) atoms. The topological polar surface area (TPSA) is 0 Å². The summed E-state index contributed by atoms with van der Waals surface area (Å²) in [4.78, 5) is 0. The fourth-order valence-electron chi connectivity index (χ4n) is 3.78. The number of hydrogen-bond acceptors (Lipinski definition) is 0. The maximum Gasteiger partial charge on any atom is -0.0412 e. The molecule has 0 aliphatic heterocycles. The lowest BCUT2D eigenvalue weighted by molar-refractivity contribution is 0.419. The van der Waals surface area contributed by atoms with Crippen molar-refractivity contribution in [2.24, 2.45) is 23.7 Å². The van der Waals surface area contributed by atoms with Gasteiger partial charge in [-0.05, 0) is 30.1 Å². The van der Waals surface area contributed by atoms with Crippen molar-refractivity contribution in [1.82, 2.24) is 0 Å². The molecule has 2 rings (SSSR count). The second kappa shape index (κ2) is 9.83. The van der Waals surface area contributed by atoms with Crippen LogP contribution in [0.2, 0.25) is 0 Å². The van der Waals surface area contributed by atoms with E-state index in [0.717, 1.165) is 23.7 Å². The Morgan fingerprint density at radius 3 is 1.58 bits per heavy atom. The minimum absolute atomic E-state index is 0.917. The zero-order valence-corrected chi connectivity index (χ0v) is 14.1. The van der Waals surface area contributed by atoms with Gasteiger partial charge < -0.3 is 0 Å². The molecule has 0 heteroatoms. The van der Waals surface area contributed by atoms with E-state index >= 15 is 0 Å². The molecule has 0 unspecified atom stereocenters. The summed E-state index contributed by atoms with van der Waals surface area (Å²) in [7, 11) is 0. The zero-order chi connectivity index (χ0) is 14.1. The fraction of sp³-hybridized carbons (Fsp3) is 1.00. The summed E-state index contributed by atoms with van der Waals surface area (Å²) in [6, 6.07) is 0. The first-order valence-corrected chi connectivity index (χ1v) is 9.08. The van der Waals surface area contributed by atoms with E-state index < -0.39 is 0 Å². The zero-order valence-electron chi connectivity index (χ0n) is 14.1. The standard InChI is InChI=1S/C10H20.C9H18/c1-9(2)7-8-10-5-3-4-6-10;1-8(2)7-9-5-3-4-6-9/h9-10H,3-8H2,1-2H3;8-9H,3-7H2,1-2H3. The molecule has 0 atom stereocenters. The average Bonchev–Trinajstić information content (AvgIpc) is 2.98. The lowest BCUT2D eigenvalue weighted by Gasteiger charge is -2.10. The van der Waals surface area contributed by atoms with Gasteiger partial charge in [-0.1, -0.05) is 91.9 Å². The van der Waals surface area contributed by atoms with Crippen molar-refractivity contribution in [2.75, 3.05) is 0 Å². The van der Waals surface area contributed by atoms with Crippen LogP contribution in [0.3, 0.4) is 0 Å². The highest BCUT2D eigenvalue weighted by atomic mass is 14.2. The minimum Gasteiger partial charge on any atom is -0.0628 e. The van der Waals surface area contributed by atoms with Crippen molar-refractivity contribution in [2.45, 2.75) is 98.3 Å². The molecule has 0 aromatic carbocycles. The van der Waals surface area contributed by atoms with Crippen molar-refractivity contribution in [3.63, 3.8) is 0 Å². The van der Waals surface area contributed by atoms with Crippen LogP contribution in [0, 0.1) is 23.7 Å². The predicted octanol–water partition coefficient (Wildman–Crippen LogP) is 6.84. The monoisotopic (exact) mass is 266 g/mol. The highest BCUT2D eigenvalue weighted by Gasteiger charge is 2.15. The lowest BCUT2D eigenvalue weighted by atomic mass is 9.96. The Bertz CT molecular complexity index is 192. The largest absolute Gasteiger partial charge is 0.0628 e.